The zero-order valence-corrected chi connectivity index (χ0v) is 19.6. The number of halogens is 2. The van der Waals surface area contributed by atoms with Crippen LogP contribution in [0.4, 0.5) is 17.8 Å². The Kier molecular flexibility index (Phi) is 7.00. The van der Waals surface area contributed by atoms with Crippen molar-refractivity contribution in [2.24, 2.45) is 5.10 Å². The number of hydrazone groups is 1. The number of hydrogen-bond acceptors (Lipinski definition) is 9. The minimum absolute atomic E-state index is 0.113. The second-order valence-electron chi connectivity index (χ2n) is 7.10. The maximum absolute atomic E-state index is 10.2. The van der Waals surface area contributed by atoms with Gasteiger partial charge in [0.2, 0.25) is 17.8 Å². The van der Waals surface area contributed by atoms with E-state index in [1.54, 1.807) is 12.1 Å². The third-order valence-corrected chi connectivity index (χ3v) is 6.03. The summed E-state index contributed by atoms with van der Waals surface area (Å²) in [4.78, 5) is 18.1. The lowest BCUT2D eigenvalue weighted by atomic mass is 10.1. The molecule has 2 N–H and O–H groups in total. The van der Waals surface area contributed by atoms with Gasteiger partial charge in [0, 0.05) is 36.2 Å². The monoisotopic (exact) mass is 539 g/mol. The highest BCUT2D eigenvalue weighted by atomic mass is 79.9. The van der Waals surface area contributed by atoms with Gasteiger partial charge in [-0.1, -0.05) is 15.9 Å². The van der Waals surface area contributed by atoms with Gasteiger partial charge in [0.15, 0.2) is 0 Å². The Hall–Kier alpha value is -1.98. The van der Waals surface area contributed by atoms with Crippen molar-refractivity contribution in [2.45, 2.75) is 19.3 Å². The molecular formula is C19H23Br2N7O2. The first-order valence-corrected chi connectivity index (χ1v) is 11.5. The highest BCUT2D eigenvalue weighted by molar-refractivity contribution is 9.11. The molecule has 2 saturated heterocycles. The van der Waals surface area contributed by atoms with Crippen LogP contribution >= 0.6 is 31.9 Å². The molecule has 1 aromatic carbocycles. The van der Waals surface area contributed by atoms with Crippen LogP contribution in [0.3, 0.4) is 0 Å². The SMILES string of the molecule is Oc1c(Br)cc(Br)cc1C=NNc1nc(N2CCCCC2)nc(N2CCOCC2)n1. The van der Waals surface area contributed by atoms with Gasteiger partial charge in [-0.2, -0.15) is 20.1 Å². The van der Waals surface area contributed by atoms with Gasteiger partial charge < -0.3 is 19.6 Å². The molecule has 0 aliphatic carbocycles. The molecule has 30 heavy (non-hydrogen) atoms. The van der Waals surface area contributed by atoms with E-state index in [9.17, 15) is 5.11 Å². The van der Waals surface area contributed by atoms with Gasteiger partial charge in [-0.25, -0.2) is 5.43 Å². The van der Waals surface area contributed by atoms with Crippen molar-refractivity contribution in [3.63, 3.8) is 0 Å². The number of nitrogens with one attached hydrogen (secondary N) is 1. The van der Waals surface area contributed by atoms with Crippen LogP contribution in [0.2, 0.25) is 0 Å². The van der Waals surface area contributed by atoms with Crippen LogP contribution in [0.15, 0.2) is 26.2 Å². The number of benzene rings is 1. The number of hydrogen-bond donors (Lipinski definition) is 2. The number of ether oxygens (including phenoxy) is 1. The van der Waals surface area contributed by atoms with Crippen LogP contribution in [0.5, 0.6) is 5.75 Å². The van der Waals surface area contributed by atoms with E-state index in [4.69, 9.17) is 9.72 Å². The van der Waals surface area contributed by atoms with E-state index in [2.05, 4.69) is 62.2 Å². The number of aromatic hydroxyl groups is 1. The van der Waals surface area contributed by atoms with Crippen molar-refractivity contribution < 1.29 is 9.84 Å². The van der Waals surface area contributed by atoms with Crippen molar-refractivity contribution in [2.75, 3.05) is 54.6 Å². The Morgan fingerprint density at radius 3 is 2.33 bits per heavy atom. The van der Waals surface area contributed by atoms with Crippen LogP contribution in [0.25, 0.3) is 0 Å². The Bertz CT molecular complexity index is 880. The summed E-state index contributed by atoms with van der Waals surface area (Å²) in [6, 6.07) is 3.54. The zero-order valence-electron chi connectivity index (χ0n) is 16.4. The van der Waals surface area contributed by atoms with E-state index in [1.165, 1.54) is 12.6 Å². The summed E-state index contributed by atoms with van der Waals surface area (Å²) >= 11 is 6.74. The van der Waals surface area contributed by atoms with E-state index in [1.807, 2.05) is 0 Å². The summed E-state index contributed by atoms with van der Waals surface area (Å²) in [6.07, 6.45) is 5.04. The van der Waals surface area contributed by atoms with Crippen LogP contribution in [-0.4, -0.2) is 65.7 Å². The molecule has 9 nitrogen and oxygen atoms in total. The van der Waals surface area contributed by atoms with Gasteiger partial charge in [-0.3, -0.25) is 0 Å². The zero-order chi connectivity index (χ0) is 20.9. The lowest BCUT2D eigenvalue weighted by Gasteiger charge is -2.30. The molecule has 4 rings (SSSR count). The number of phenolic OH excluding ortho intramolecular Hbond substituents is 1. The third kappa shape index (κ3) is 5.19. The number of nitrogens with zero attached hydrogens (tertiary/aromatic N) is 6. The second-order valence-corrected chi connectivity index (χ2v) is 8.87. The van der Waals surface area contributed by atoms with Gasteiger partial charge in [0.25, 0.3) is 0 Å². The first-order chi connectivity index (χ1) is 14.6. The van der Waals surface area contributed by atoms with E-state index < -0.39 is 0 Å². The topological polar surface area (TPSA) is 99.0 Å². The van der Waals surface area contributed by atoms with Crippen LogP contribution in [0, 0.1) is 0 Å². The number of morpholine rings is 1. The van der Waals surface area contributed by atoms with Gasteiger partial charge in [-0.05, 0) is 47.3 Å². The summed E-state index contributed by atoms with van der Waals surface area (Å²) in [5.41, 5.74) is 3.46. The molecule has 0 unspecified atom stereocenters. The summed E-state index contributed by atoms with van der Waals surface area (Å²) in [6.45, 7) is 4.67. The van der Waals surface area contributed by atoms with Crippen molar-refractivity contribution in [3.05, 3.63) is 26.6 Å². The molecule has 2 aromatic rings. The number of aromatic nitrogens is 3. The number of piperidine rings is 1. The Labute approximate surface area is 191 Å². The smallest absolute Gasteiger partial charge is 0.250 e. The maximum atomic E-state index is 10.2. The summed E-state index contributed by atoms with van der Waals surface area (Å²) in [5.74, 6) is 1.77. The van der Waals surface area contributed by atoms with Crippen LogP contribution in [-0.2, 0) is 4.74 Å². The lowest BCUT2D eigenvalue weighted by Crippen LogP contribution is -2.38. The summed E-state index contributed by atoms with van der Waals surface area (Å²) < 4.78 is 6.86. The fourth-order valence-electron chi connectivity index (χ4n) is 3.39. The molecule has 0 amide bonds. The normalized spacial score (nSPS) is 17.5. The largest absolute Gasteiger partial charge is 0.506 e. The second kappa shape index (κ2) is 9.88. The molecular weight excluding hydrogens is 518 g/mol. The van der Waals surface area contributed by atoms with Gasteiger partial charge in [0.1, 0.15) is 5.75 Å². The van der Waals surface area contributed by atoms with Gasteiger partial charge >= 0.3 is 0 Å². The van der Waals surface area contributed by atoms with Crippen LogP contribution < -0.4 is 15.2 Å². The highest BCUT2D eigenvalue weighted by Crippen LogP contribution is 2.30. The quantitative estimate of drug-likeness (QED) is 0.440. The maximum Gasteiger partial charge on any atom is 0.250 e. The predicted molar refractivity (Wildman–Crippen MR) is 124 cm³/mol. The molecule has 1 aromatic heterocycles. The van der Waals surface area contributed by atoms with E-state index >= 15 is 0 Å². The van der Waals surface area contributed by atoms with Gasteiger partial charge in [0.05, 0.1) is 23.9 Å². The fourth-order valence-corrected chi connectivity index (χ4v) is 4.65. The van der Waals surface area contributed by atoms with Crippen molar-refractivity contribution in [1.82, 2.24) is 15.0 Å². The summed E-state index contributed by atoms with van der Waals surface area (Å²) in [7, 11) is 0. The molecule has 2 aliphatic heterocycles. The highest BCUT2D eigenvalue weighted by Gasteiger charge is 2.20. The van der Waals surface area contributed by atoms with Crippen molar-refractivity contribution in [1.29, 1.82) is 0 Å². The van der Waals surface area contributed by atoms with Crippen molar-refractivity contribution >= 4 is 55.9 Å². The molecule has 2 aliphatic rings. The van der Waals surface area contributed by atoms with Gasteiger partial charge in [-0.15, -0.1) is 0 Å². The Morgan fingerprint density at radius 1 is 0.967 bits per heavy atom. The number of phenols is 1. The standard InChI is InChI=1S/C19H23Br2N7O2/c20-14-10-13(16(29)15(21)11-14)12-22-26-17-23-18(27-4-2-1-3-5-27)25-19(24-17)28-6-8-30-9-7-28/h10-12,29H,1-9H2,(H,23,24,25,26). The number of anilines is 3. The van der Waals surface area contributed by atoms with Crippen molar-refractivity contribution in [3.8, 4) is 5.75 Å². The molecule has 0 radical (unpaired) electrons. The molecule has 0 spiro atoms. The Balaban J connectivity index is 1.58. The molecule has 11 heteroatoms. The van der Waals surface area contributed by atoms with E-state index in [-0.39, 0.29) is 5.75 Å². The predicted octanol–water partition coefficient (Wildman–Crippen LogP) is 3.38. The average Bonchev–Trinajstić information content (AvgIpc) is 2.78. The molecule has 160 valence electrons. The molecule has 0 bridgehead atoms. The molecule has 3 heterocycles. The average molecular weight is 541 g/mol. The first kappa shape index (κ1) is 21.3. The molecule has 0 saturated carbocycles. The Morgan fingerprint density at radius 2 is 1.63 bits per heavy atom. The fraction of sp³-hybridized carbons (Fsp3) is 0.474. The molecule has 2 fully saturated rings. The number of rotatable bonds is 5. The lowest BCUT2D eigenvalue weighted by molar-refractivity contribution is 0.122. The third-order valence-electron chi connectivity index (χ3n) is 4.97. The summed E-state index contributed by atoms with van der Waals surface area (Å²) in [5, 5.41) is 14.4. The van der Waals surface area contributed by atoms with E-state index in [0.717, 1.165) is 43.5 Å². The first-order valence-electron chi connectivity index (χ1n) is 9.91. The molecule has 0 atom stereocenters. The minimum atomic E-state index is 0.113. The van der Waals surface area contributed by atoms with E-state index in [0.29, 0.717) is 41.1 Å². The minimum Gasteiger partial charge on any atom is -0.506 e. The van der Waals surface area contributed by atoms with Crippen LogP contribution in [0.1, 0.15) is 24.8 Å².